The fourth-order valence-electron chi connectivity index (χ4n) is 2.29. The average molecular weight is 361 g/mol. The van der Waals surface area contributed by atoms with E-state index in [-0.39, 0.29) is 0 Å². The molecule has 0 aliphatic heterocycles. The molecule has 0 bridgehead atoms. The summed E-state index contributed by atoms with van der Waals surface area (Å²) < 4.78 is 1.09. The van der Waals surface area contributed by atoms with E-state index in [2.05, 4.69) is 34.2 Å². The maximum Gasteiger partial charge on any atom is 0.0451 e. The Bertz CT molecular complexity index is 368. The van der Waals surface area contributed by atoms with Crippen molar-refractivity contribution >= 4 is 27.5 Å². The van der Waals surface area contributed by atoms with Crippen LogP contribution in [0, 0.1) is 0 Å². The van der Waals surface area contributed by atoms with Gasteiger partial charge in [-0.2, -0.15) is 0 Å². The number of unbranched alkanes of at least 4 members (excludes halogenated alkanes) is 7. The Balaban J connectivity index is 1.98. The first kappa shape index (κ1) is 18.0. The highest BCUT2D eigenvalue weighted by atomic mass is 79.9. The molecule has 1 rings (SSSR count). The van der Waals surface area contributed by atoms with Crippen LogP contribution >= 0.6 is 27.5 Å². The Labute approximate surface area is 137 Å². The largest absolute Gasteiger partial charge is 0.313 e. The van der Waals surface area contributed by atoms with Gasteiger partial charge in [-0.3, -0.25) is 0 Å². The molecule has 114 valence electrons. The lowest BCUT2D eigenvalue weighted by Crippen LogP contribution is -2.14. The van der Waals surface area contributed by atoms with Gasteiger partial charge in [-0.25, -0.2) is 0 Å². The monoisotopic (exact) mass is 359 g/mol. The molecule has 0 fully saturated rings. The molecule has 0 aliphatic rings. The summed E-state index contributed by atoms with van der Waals surface area (Å²) in [5.41, 5.74) is 1.17. The Morgan fingerprint density at radius 2 is 1.65 bits per heavy atom. The summed E-state index contributed by atoms with van der Waals surface area (Å²) >= 11 is 9.64. The van der Waals surface area contributed by atoms with Crippen LogP contribution in [0.1, 0.15) is 63.9 Å². The predicted octanol–water partition coefficient (Wildman–Crippen LogP) is 6.33. The second kappa shape index (κ2) is 11.6. The first-order valence-electron chi connectivity index (χ1n) is 7.88. The van der Waals surface area contributed by atoms with Crippen LogP contribution < -0.4 is 5.32 Å². The van der Waals surface area contributed by atoms with Crippen LogP contribution in [0.5, 0.6) is 0 Å². The molecule has 0 heterocycles. The lowest BCUT2D eigenvalue weighted by atomic mass is 10.1. The van der Waals surface area contributed by atoms with Gasteiger partial charge in [0.05, 0.1) is 0 Å². The summed E-state index contributed by atoms with van der Waals surface area (Å²) in [6, 6.07) is 6.01. The Morgan fingerprint density at radius 1 is 1.00 bits per heavy atom. The van der Waals surface area contributed by atoms with Crippen molar-refractivity contribution in [3.05, 3.63) is 33.3 Å². The van der Waals surface area contributed by atoms with Gasteiger partial charge < -0.3 is 5.32 Å². The van der Waals surface area contributed by atoms with Crippen LogP contribution in [0.3, 0.4) is 0 Å². The highest BCUT2D eigenvalue weighted by Gasteiger charge is 2.00. The Hall–Kier alpha value is -0.0500. The molecular formula is C17H27BrClN. The van der Waals surface area contributed by atoms with Gasteiger partial charge in [-0.15, -0.1) is 0 Å². The molecule has 0 aliphatic carbocycles. The fourth-order valence-corrected chi connectivity index (χ4v) is 2.88. The molecule has 3 heteroatoms. The highest BCUT2D eigenvalue weighted by molar-refractivity contribution is 9.10. The van der Waals surface area contributed by atoms with E-state index in [4.69, 9.17) is 11.6 Å². The molecule has 0 unspecified atom stereocenters. The van der Waals surface area contributed by atoms with Gasteiger partial charge >= 0.3 is 0 Å². The predicted molar refractivity (Wildman–Crippen MR) is 93.5 cm³/mol. The van der Waals surface area contributed by atoms with Crippen LogP contribution in [-0.2, 0) is 6.54 Å². The van der Waals surface area contributed by atoms with Crippen molar-refractivity contribution in [2.45, 2.75) is 64.8 Å². The second-order valence-corrected chi connectivity index (χ2v) is 6.71. The van der Waals surface area contributed by atoms with E-state index in [1.165, 1.54) is 56.9 Å². The topological polar surface area (TPSA) is 12.0 Å². The molecule has 1 aromatic rings. The van der Waals surface area contributed by atoms with Gasteiger partial charge in [-0.05, 0) is 36.7 Å². The molecule has 0 saturated heterocycles. The maximum atomic E-state index is 6.16. The molecule has 1 aromatic carbocycles. The zero-order valence-electron chi connectivity index (χ0n) is 12.6. The van der Waals surface area contributed by atoms with Gasteiger partial charge in [0.1, 0.15) is 0 Å². The minimum Gasteiger partial charge on any atom is -0.313 e. The lowest BCUT2D eigenvalue weighted by molar-refractivity contribution is 0.555. The van der Waals surface area contributed by atoms with E-state index in [0.29, 0.717) is 0 Å². The number of nitrogens with one attached hydrogen (secondary N) is 1. The molecular weight excluding hydrogens is 334 g/mol. The van der Waals surface area contributed by atoms with E-state index in [0.717, 1.165) is 22.6 Å². The summed E-state index contributed by atoms with van der Waals surface area (Å²) in [7, 11) is 0. The van der Waals surface area contributed by atoms with Crippen molar-refractivity contribution < 1.29 is 0 Å². The van der Waals surface area contributed by atoms with Crippen LogP contribution in [-0.4, -0.2) is 6.54 Å². The Kier molecular flexibility index (Phi) is 10.4. The summed E-state index contributed by atoms with van der Waals surface area (Å²) in [6.45, 7) is 4.20. The van der Waals surface area contributed by atoms with Crippen LogP contribution in [0.25, 0.3) is 0 Å². The number of rotatable bonds is 11. The quantitative estimate of drug-likeness (QED) is 0.454. The molecule has 1 nitrogen and oxygen atoms in total. The molecule has 0 radical (unpaired) electrons. The molecule has 0 spiro atoms. The van der Waals surface area contributed by atoms with Crippen molar-refractivity contribution in [3.8, 4) is 0 Å². The smallest absolute Gasteiger partial charge is 0.0451 e. The fraction of sp³-hybridized carbons (Fsp3) is 0.647. The molecule has 0 amide bonds. The van der Waals surface area contributed by atoms with Crippen LogP contribution in [0.15, 0.2) is 22.7 Å². The van der Waals surface area contributed by atoms with E-state index in [1.807, 2.05) is 12.1 Å². The summed E-state index contributed by atoms with van der Waals surface area (Å²) in [6.07, 6.45) is 10.9. The molecule has 0 saturated carbocycles. The first-order valence-corrected chi connectivity index (χ1v) is 9.05. The average Bonchev–Trinajstić information content (AvgIpc) is 2.44. The zero-order chi connectivity index (χ0) is 14.6. The molecule has 1 N–H and O–H groups in total. The number of benzene rings is 1. The molecule has 0 aromatic heterocycles. The zero-order valence-corrected chi connectivity index (χ0v) is 14.9. The van der Waals surface area contributed by atoms with Crippen molar-refractivity contribution in [2.75, 3.05) is 6.54 Å². The van der Waals surface area contributed by atoms with Gasteiger partial charge in [0.25, 0.3) is 0 Å². The molecule has 0 atom stereocenters. The first-order chi connectivity index (χ1) is 9.74. The van der Waals surface area contributed by atoms with Gasteiger partial charge in [0.2, 0.25) is 0 Å². The molecule has 20 heavy (non-hydrogen) atoms. The lowest BCUT2D eigenvalue weighted by Gasteiger charge is -2.07. The van der Waals surface area contributed by atoms with Crippen LogP contribution in [0.2, 0.25) is 5.02 Å². The third-order valence-corrected chi connectivity index (χ3v) is 4.39. The summed E-state index contributed by atoms with van der Waals surface area (Å²) in [5.74, 6) is 0. The number of halogens is 2. The van der Waals surface area contributed by atoms with Gasteiger partial charge in [0, 0.05) is 16.0 Å². The minimum absolute atomic E-state index is 0.844. The summed E-state index contributed by atoms with van der Waals surface area (Å²) in [4.78, 5) is 0. The highest BCUT2D eigenvalue weighted by Crippen LogP contribution is 2.20. The summed E-state index contributed by atoms with van der Waals surface area (Å²) in [5, 5.41) is 4.32. The van der Waals surface area contributed by atoms with E-state index in [1.54, 1.807) is 0 Å². The van der Waals surface area contributed by atoms with Gasteiger partial charge in [-0.1, -0.05) is 79.4 Å². The van der Waals surface area contributed by atoms with Crippen molar-refractivity contribution in [3.63, 3.8) is 0 Å². The standard InChI is InChI=1S/C17H27BrClN/c1-2-3-4-5-6-7-8-9-12-20-14-15-13-16(18)10-11-17(15)19/h10-11,13,20H,2-9,12,14H2,1H3. The maximum absolute atomic E-state index is 6.16. The van der Waals surface area contributed by atoms with E-state index < -0.39 is 0 Å². The Morgan fingerprint density at radius 3 is 2.35 bits per heavy atom. The third kappa shape index (κ3) is 8.28. The SMILES string of the molecule is CCCCCCCCCCNCc1cc(Br)ccc1Cl. The van der Waals surface area contributed by atoms with E-state index in [9.17, 15) is 0 Å². The number of hydrogen-bond donors (Lipinski definition) is 1. The van der Waals surface area contributed by atoms with Crippen molar-refractivity contribution in [1.29, 1.82) is 0 Å². The van der Waals surface area contributed by atoms with Crippen LogP contribution in [0.4, 0.5) is 0 Å². The minimum atomic E-state index is 0.844. The van der Waals surface area contributed by atoms with Crippen molar-refractivity contribution in [2.24, 2.45) is 0 Å². The van der Waals surface area contributed by atoms with E-state index >= 15 is 0 Å². The van der Waals surface area contributed by atoms with Gasteiger partial charge in [0.15, 0.2) is 0 Å². The third-order valence-electron chi connectivity index (χ3n) is 3.53. The second-order valence-electron chi connectivity index (χ2n) is 5.39. The number of hydrogen-bond acceptors (Lipinski definition) is 1. The normalized spacial score (nSPS) is 10.9. The van der Waals surface area contributed by atoms with Crippen molar-refractivity contribution in [1.82, 2.24) is 5.32 Å².